The van der Waals surface area contributed by atoms with E-state index in [0.29, 0.717) is 11.8 Å². The van der Waals surface area contributed by atoms with Crippen LogP contribution in [0.1, 0.15) is 19.3 Å². The summed E-state index contributed by atoms with van der Waals surface area (Å²) in [7, 11) is 0. The normalized spacial score (nSPS) is 17.7. The van der Waals surface area contributed by atoms with E-state index in [0.717, 1.165) is 23.9 Å². The number of nitrogens with zero attached hydrogens (tertiary/aromatic N) is 3. The fraction of sp³-hybridized carbons (Fsp3) is 0.417. The Hall–Kier alpha value is -1.42. The van der Waals surface area contributed by atoms with Crippen LogP contribution in [0.15, 0.2) is 24.3 Å². The van der Waals surface area contributed by atoms with Crippen LogP contribution in [0.5, 0.6) is 0 Å². The van der Waals surface area contributed by atoms with Gasteiger partial charge >= 0.3 is 0 Å². The van der Waals surface area contributed by atoms with Crippen molar-refractivity contribution in [1.82, 2.24) is 15.2 Å². The molecule has 0 bridgehead atoms. The van der Waals surface area contributed by atoms with Gasteiger partial charge in [0, 0.05) is 5.88 Å². The van der Waals surface area contributed by atoms with Crippen molar-refractivity contribution in [3.05, 3.63) is 24.3 Å². The quantitative estimate of drug-likeness (QED) is 0.849. The third-order valence-corrected chi connectivity index (χ3v) is 3.82. The molecule has 5 heteroatoms. The van der Waals surface area contributed by atoms with E-state index in [9.17, 15) is 0 Å². The maximum absolute atomic E-state index is 5.99. The summed E-state index contributed by atoms with van der Waals surface area (Å²) in [6, 6.07) is 7.71. The highest BCUT2D eigenvalue weighted by Crippen LogP contribution is 2.35. The minimum absolute atomic E-state index is 0.0221. The molecule has 1 aliphatic carbocycles. The number of para-hydroxylation sites is 1. The SMILES string of the molecule is ClCC1(Nc2nnc3ccccc3n2)CCC1. The van der Waals surface area contributed by atoms with Crippen LogP contribution >= 0.6 is 11.6 Å². The third kappa shape index (κ3) is 1.93. The van der Waals surface area contributed by atoms with Gasteiger partial charge in [0.05, 0.1) is 11.1 Å². The van der Waals surface area contributed by atoms with Crippen molar-refractivity contribution in [2.45, 2.75) is 24.8 Å². The van der Waals surface area contributed by atoms with Crippen molar-refractivity contribution in [3.63, 3.8) is 0 Å². The molecule has 2 aromatic rings. The van der Waals surface area contributed by atoms with Gasteiger partial charge in [0.15, 0.2) is 0 Å². The van der Waals surface area contributed by atoms with E-state index in [1.165, 1.54) is 6.42 Å². The van der Waals surface area contributed by atoms with E-state index in [1.807, 2.05) is 24.3 Å². The molecule has 1 saturated carbocycles. The lowest BCUT2D eigenvalue weighted by molar-refractivity contribution is 0.309. The number of nitrogens with one attached hydrogen (secondary N) is 1. The van der Waals surface area contributed by atoms with E-state index >= 15 is 0 Å². The predicted octanol–water partition coefficient (Wildman–Crippen LogP) is 2.60. The highest BCUT2D eigenvalue weighted by atomic mass is 35.5. The number of alkyl halides is 1. The minimum atomic E-state index is -0.0221. The first-order valence-corrected chi connectivity index (χ1v) is 6.28. The van der Waals surface area contributed by atoms with Crippen LogP contribution in [0.3, 0.4) is 0 Å². The van der Waals surface area contributed by atoms with E-state index in [1.54, 1.807) is 0 Å². The van der Waals surface area contributed by atoms with Crippen LogP contribution in [-0.2, 0) is 0 Å². The number of fused-ring (bicyclic) bond motifs is 1. The number of benzene rings is 1. The first-order chi connectivity index (χ1) is 8.31. The Morgan fingerprint density at radius 3 is 2.59 bits per heavy atom. The molecule has 0 amide bonds. The molecular weight excluding hydrogens is 236 g/mol. The average Bonchev–Trinajstić information content (AvgIpc) is 2.34. The lowest BCUT2D eigenvalue weighted by Crippen LogP contribution is -2.47. The zero-order valence-electron chi connectivity index (χ0n) is 9.36. The van der Waals surface area contributed by atoms with Crippen LogP contribution in [0.2, 0.25) is 0 Å². The lowest BCUT2D eigenvalue weighted by Gasteiger charge is -2.40. The fourth-order valence-electron chi connectivity index (χ4n) is 2.07. The Balaban J connectivity index is 1.90. The highest BCUT2D eigenvalue weighted by Gasteiger charge is 2.36. The van der Waals surface area contributed by atoms with Gasteiger partial charge in [-0.1, -0.05) is 12.1 Å². The summed E-state index contributed by atoms with van der Waals surface area (Å²) in [5.41, 5.74) is 1.65. The Bertz CT molecular complexity index is 533. The topological polar surface area (TPSA) is 50.7 Å². The molecule has 1 aromatic heterocycles. The molecule has 0 unspecified atom stereocenters. The fourth-order valence-corrected chi connectivity index (χ4v) is 2.40. The Morgan fingerprint density at radius 2 is 1.94 bits per heavy atom. The zero-order chi connectivity index (χ0) is 11.7. The van der Waals surface area contributed by atoms with Crippen LogP contribution < -0.4 is 5.32 Å². The smallest absolute Gasteiger partial charge is 0.243 e. The maximum atomic E-state index is 5.99. The van der Waals surface area contributed by atoms with Crippen molar-refractivity contribution in [1.29, 1.82) is 0 Å². The minimum Gasteiger partial charge on any atom is -0.346 e. The number of halogens is 1. The summed E-state index contributed by atoms with van der Waals surface area (Å²) >= 11 is 5.99. The molecule has 0 atom stereocenters. The molecule has 0 aliphatic heterocycles. The Labute approximate surface area is 104 Å². The summed E-state index contributed by atoms with van der Waals surface area (Å²) in [5, 5.41) is 11.5. The molecule has 1 N–H and O–H groups in total. The summed E-state index contributed by atoms with van der Waals surface area (Å²) < 4.78 is 0. The maximum Gasteiger partial charge on any atom is 0.243 e. The predicted molar refractivity (Wildman–Crippen MR) is 68.3 cm³/mol. The number of anilines is 1. The number of hydrogen-bond donors (Lipinski definition) is 1. The van der Waals surface area contributed by atoms with Crippen LogP contribution in [0.25, 0.3) is 11.0 Å². The van der Waals surface area contributed by atoms with Crippen LogP contribution in [-0.4, -0.2) is 26.6 Å². The van der Waals surface area contributed by atoms with Gasteiger partial charge in [0.25, 0.3) is 0 Å². The Kier molecular flexibility index (Phi) is 2.59. The van der Waals surface area contributed by atoms with E-state index in [2.05, 4.69) is 20.5 Å². The number of hydrogen-bond acceptors (Lipinski definition) is 4. The van der Waals surface area contributed by atoms with Gasteiger partial charge in [-0.15, -0.1) is 21.8 Å². The molecule has 1 fully saturated rings. The first kappa shape index (κ1) is 10.7. The molecular formula is C12H13ClN4. The van der Waals surface area contributed by atoms with E-state index in [-0.39, 0.29) is 5.54 Å². The Morgan fingerprint density at radius 1 is 1.18 bits per heavy atom. The first-order valence-electron chi connectivity index (χ1n) is 5.75. The average molecular weight is 249 g/mol. The van der Waals surface area contributed by atoms with Crippen molar-refractivity contribution < 1.29 is 0 Å². The highest BCUT2D eigenvalue weighted by molar-refractivity contribution is 6.18. The van der Waals surface area contributed by atoms with Crippen LogP contribution in [0, 0.1) is 0 Å². The van der Waals surface area contributed by atoms with Gasteiger partial charge < -0.3 is 5.32 Å². The molecule has 88 valence electrons. The van der Waals surface area contributed by atoms with Gasteiger partial charge in [-0.2, -0.15) is 0 Å². The second kappa shape index (κ2) is 4.11. The zero-order valence-corrected chi connectivity index (χ0v) is 10.1. The molecule has 1 heterocycles. The molecule has 0 radical (unpaired) electrons. The van der Waals surface area contributed by atoms with Crippen molar-refractivity contribution >= 4 is 28.6 Å². The molecule has 1 aliphatic rings. The molecule has 0 spiro atoms. The monoisotopic (exact) mass is 248 g/mol. The number of rotatable bonds is 3. The van der Waals surface area contributed by atoms with Crippen molar-refractivity contribution in [2.75, 3.05) is 11.2 Å². The molecule has 0 saturated heterocycles. The lowest BCUT2D eigenvalue weighted by atomic mass is 9.78. The van der Waals surface area contributed by atoms with E-state index in [4.69, 9.17) is 11.6 Å². The van der Waals surface area contributed by atoms with Gasteiger partial charge in [-0.3, -0.25) is 0 Å². The van der Waals surface area contributed by atoms with Crippen molar-refractivity contribution in [3.8, 4) is 0 Å². The van der Waals surface area contributed by atoms with Crippen LogP contribution in [0.4, 0.5) is 5.95 Å². The van der Waals surface area contributed by atoms with Gasteiger partial charge in [0.2, 0.25) is 5.95 Å². The molecule has 3 rings (SSSR count). The summed E-state index contributed by atoms with van der Waals surface area (Å²) in [6.45, 7) is 0. The van der Waals surface area contributed by atoms with Gasteiger partial charge in [-0.25, -0.2) is 4.98 Å². The van der Waals surface area contributed by atoms with Gasteiger partial charge in [0.1, 0.15) is 5.52 Å². The molecule has 17 heavy (non-hydrogen) atoms. The third-order valence-electron chi connectivity index (χ3n) is 3.30. The summed E-state index contributed by atoms with van der Waals surface area (Å²) in [6.07, 6.45) is 3.36. The molecule has 1 aromatic carbocycles. The summed E-state index contributed by atoms with van der Waals surface area (Å²) in [5.74, 6) is 1.16. The van der Waals surface area contributed by atoms with Crippen molar-refractivity contribution in [2.24, 2.45) is 0 Å². The number of aromatic nitrogens is 3. The molecule has 4 nitrogen and oxygen atoms in total. The second-order valence-electron chi connectivity index (χ2n) is 4.52. The van der Waals surface area contributed by atoms with E-state index < -0.39 is 0 Å². The largest absolute Gasteiger partial charge is 0.346 e. The standard InChI is InChI=1S/C12H13ClN4/c13-8-12(6-3-7-12)15-11-14-9-4-1-2-5-10(9)16-17-11/h1-2,4-5H,3,6-8H2,(H,14,15,17). The second-order valence-corrected chi connectivity index (χ2v) is 4.78. The van der Waals surface area contributed by atoms with Gasteiger partial charge in [-0.05, 0) is 31.4 Å². The summed E-state index contributed by atoms with van der Waals surface area (Å²) in [4.78, 5) is 4.45.